The summed E-state index contributed by atoms with van der Waals surface area (Å²) in [5, 5.41) is 25.5. The van der Waals surface area contributed by atoms with Crippen LogP contribution in [-0.2, 0) is 16.2 Å². The first kappa shape index (κ1) is 24.6. The highest BCUT2D eigenvalue weighted by Crippen LogP contribution is 2.49. The van der Waals surface area contributed by atoms with Gasteiger partial charge < -0.3 is 10.6 Å². The number of benzene rings is 1. The number of sulfonamides is 1. The van der Waals surface area contributed by atoms with Gasteiger partial charge in [-0.1, -0.05) is 6.07 Å². The lowest BCUT2D eigenvalue weighted by atomic mass is 9.60. The van der Waals surface area contributed by atoms with Crippen LogP contribution in [0.3, 0.4) is 0 Å². The second-order valence-electron chi connectivity index (χ2n) is 10.3. The van der Waals surface area contributed by atoms with E-state index in [0.29, 0.717) is 35.9 Å². The van der Waals surface area contributed by atoms with Crippen LogP contribution in [0.1, 0.15) is 68.4 Å². The molecule has 5 N–H and O–H groups in total. The van der Waals surface area contributed by atoms with Crippen LogP contribution in [-0.4, -0.2) is 54.2 Å². The highest BCUT2D eigenvalue weighted by Gasteiger charge is 2.45. The van der Waals surface area contributed by atoms with Crippen LogP contribution in [0.5, 0.6) is 0 Å². The van der Waals surface area contributed by atoms with Crippen molar-refractivity contribution in [1.29, 1.82) is 0 Å². The molecule has 0 unspecified atom stereocenters. The predicted octanol–water partition coefficient (Wildman–Crippen LogP) is 2.68. The monoisotopic (exact) mass is 513 g/mol. The molecule has 5 rings (SSSR count). The van der Waals surface area contributed by atoms with E-state index >= 15 is 0 Å². The number of nitrogens with one attached hydrogen (secondary N) is 3. The molecule has 0 radical (unpaired) electrons. The van der Waals surface area contributed by atoms with E-state index in [9.17, 15) is 21.6 Å². The number of H-pyrrole nitrogens is 1. The number of halogens is 3. The number of hydrogen-bond donors (Lipinski definition) is 4. The van der Waals surface area contributed by atoms with Gasteiger partial charge in [-0.05, 0) is 97.8 Å². The minimum atomic E-state index is -4.90. The van der Waals surface area contributed by atoms with Gasteiger partial charge >= 0.3 is 6.18 Å². The van der Waals surface area contributed by atoms with Gasteiger partial charge in [-0.2, -0.15) is 13.2 Å². The average Bonchev–Trinajstić information content (AvgIpc) is 3.32. The zero-order chi connectivity index (χ0) is 24.8. The molecule has 2 aromatic rings. The number of aromatic nitrogens is 4. The standard InChI is InChI=1S/C22H30F3N7O2S/c23-22(24,25)17-6-5-16(18(19(17)35(26,33)34)20-29-31-32-30-20)13-1-3-14(4-2-13)28-15-11-21(12-15)7-9-27-10-8-21/h5-6,13-15,27-28H,1-4,7-12H2,(H2,26,33,34)(H,29,30,31,32). The van der Waals surface area contributed by atoms with Crippen LogP contribution in [0.25, 0.3) is 11.4 Å². The molecule has 2 aliphatic carbocycles. The lowest BCUT2D eigenvalue weighted by Crippen LogP contribution is -2.55. The zero-order valence-electron chi connectivity index (χ0n) is 19.2. The van der Waals surface area contributed by atoms with Crippen molar-refractivity contribution in [1.82, 2.24) is 31.3 Å². The SMILES string of the molecule is NS(=O)(=O)c1c(C(F)(F)F)ccc(C2CCC(NC3CC4(CCNCC4)C3)CC2)c1-c1nnn[nH]1. The molecule has 0 amide bonds. The third kappa shape index (κ3) is 4.95. The summed E-state index contributed by atoms with van der Waals surface area (Å²) < 4.78 is 65.9. The van der Waals surface area contributed by atoms with Crippen molar-refractivity contribution in [3.8, 4) is 11.4 Å². The molecule has 1 aromatic heterocycles. The molecular formula is C22H30F3N7O2S. The molecule has 0 bridgehead atoms. The number of tetrazole rings is 1. The summed E-state index contributed by atoms with van der Waals surface area (Å²) in [5.74, 6) is -0.273. The first-order valence-corrected chi connectivity index (χ1v) is 13.6. The maximum atomic E-state index is 13.7. The molecule has 1 aromatic carbocycles. The van der Waals surface area contributed by atoms with E-state index in [0.717, 1.165) is 32.0 Å². The predicted molar refractivity (Wildman–Crippen MR) is 122 cm³/mol. The van der Waals surface area contributed by atoms with Crippen molar-refractivity contribution < 1.29 is 21.6 Å². The van der Waals surface area contributed by atoms with Gasteiger partial charge in [0.15, 0.2) is 5.82 Å². The number of nitrogens with two attached hydrogens (primary N) is 1. The molecule has 3 fully saturated rings. The third-order valence-electron chi connectivity index (χ3n) is 8.02. The van der Waals surface area contributed by atoms with Crippen LogP contribution in [0.4, 0.5) is 13.2 Å². The van der Waals surface area contributed by atoms with Crippen molar-refractivity contribution in [2.45, 2.75) is 80.4 Å². The van der Waals surface area contributed by atoms with Gasteiger partial charge in [-0.3, -0.25) is 0 Å². The summed E-state index contributed by atoms with van der Waals surface area (Å²) in [4.78, 5) is -0.983. The van der Waals surface area contributed by atoms with Gasteiger partial charge in [-0.25, -0.2) is 18.7 Å². The Balaban J connectivity index is 1.35. The van der Waals surface area contributed by atoms with Gasteiger partial charge in [0.25, 0.3) is 0 Å². The van der Waals surface area contributed by atoms with Gasteiger partial charge in [0.05, 0.1) is 5.56 Å². The molecule has 2 heterocycles. The first-order chi connectivity index (χ1) is 16.6. The van der Waals surface area contributed by atoms with Gasteiger partial charge in [-0.15, -0.1) is 5.10 Å². The average molecular weight is 514 g/mol. The molecule has 2 saturated carbocycles. The Morgan fingerprint density at radius 3 is 2.31 bits per heavy atom. The molecular weight excluding hydrogens is 483 g/mol. The fraction of sp³-hybridized carbons (Fsp3) is 0.682. The minimum Gasteiger partial charge on any atom is -0.317 e. The van der Waals surface area contributed by atoms with Crippen LogP contribution in [0.2, 0.25) is 0 Å². The van der Waals surface area contributed by atoms with Crippen LogP contribution < -0.4 is 15.8 Å². The number of aromatic amines is 1. The lowest BCUT2D eigenvalue weighted by Gasteiger charge is -2.52. The van der Waals surface area contributed by atoms with Crippen LogP contribution in [0.15, 0.2) is 17.0 Å². The quantitative estimate of drug-likeness (QED) is 0.482. The van der Waals surface area contributed by atoms with Crippen molar-refractivity contribution in [2.24, 2.45) is 10.6 Å². The Labute approximate surface area is 201 Å². The number of rotatable bonds is 5. The largest absolute Gasteiger partial charge is 0.417 e. The van der Waals surface area contributed by atoms with Crippen molar-refractivity contribution in [3.05, 3.63) is 23.3 Å². The van der Waals surface area contributed by atoms with Gasteiger partial charge in [0.2, 0.25) is 10.0 Å². The molecule has 9 nitrogen and oxygen atoms in total. The van der Waals surface area contributed by atoms with Crippen molar-refractivity contribution in [3.63, 3.8) is 0 Å². The topological polar surface area (TPSA) is 139 Å². The van der Waals surface area contributed by atoms with Crippen LogP contribution in [0, 0.1) is 5.41 Å². The Hall–Kier alpha value is -2.09. The normalized spacial score (nSPS) is 25.5. The molecule has 13 heteroatoms. The fourth-order valence-corrected chi connectivity index (χ4v) is 7.33. The van der Waals surface area contributed by atoms with E-state index < -0.39 is 26.7 Å². The summed E-state index contributed by atoms with van der Waals surface area (Å²) in [6, 6.07) is 3.02. The summed E-state index contributed by atoms with van der Waals surface area (Å²) in [5.41, 5.74) is -0.543. The number of alkyl halides is 3. The molecule has 1 saturated heterocycles. The zero-order valence-corrected chi connectivity index (χ0v) is 20.1. The van der Waals surface area contributed by atoms with Crippen molar-refractivity contribution >= 4 is 10.0 Å². The van der Waals surface area contributed by atoms with Crippen LogP contribution >= 0.6 is 0 Å². The van der Waals surface area contributed by atoms with E-state index in [-0.39, 0.29) is 17.3 Å². The Morgan fingerprint density at radius 2 is 1.74 bits per heavy atom. The summed E-state index contributed by atoms with van der Waals surface area (Å²) >= 11 is 0. The minimum absolute atomic E-state index is 0.131. The van der Waals surface area contributed by atoms with E-state index in [1.54, 1.807) is 0 Å². The van der Waals surface area contributed by atoms with Gasteiger partial charge in [0, 0.05) is 17.6 Å². The number of hydrogen-bond acceptors (Lipinski definition) is 7. The van der Waals surface area contributed by atoms with Gasteiger partial charge in [0.1, 0.15) is 4.90 Å². The van der Waals surface area contributed by atoms with E-state index in [1.165, 1.54) is 31.7 Å². The maximum absolute atomic E-state index is 13.7. The number of piperidine rings is 1. The Kier molecular flexibility index (Phi) is 6.39. The molecule has 1 spiro atoms. The maximum Gasteiger partial charge on any atom is 0.417 e. The molecule has 1 aliphatic heterocycles. The molecule has 192 valence electrons. The highest BCUT2D eigenvalue weighted by atomic mass is 32.2. The highest BCUT2D eigenvalue weighted by molar-refractivity contribution is 7.89. The smallest absolute Gasteiger partial charge is 0.317 e. The Bertz CT molecular complexity index is 1150. The summed E-state index contributed by atoms with van der Waals surface area (Å²) in [6.07, 6.45) is 3.10. The van der Waals surface area contributed by atoms with E-state index in [1.807, 2.05) is 0 Å². The third-order valence-corrected chi connectivity index (χ3v) is 9.02. The van der Waals surface area contributed by atoms with E-state index in [2.05, 4.69) is 31.3 Å². The van der Waals surface area contributed by atoms with E-state index in [4.69, 9.17) is 5.14 Å². The lowest BCUT2D eigenvalue weighted by molar-refractivity contribution is -0.139. The number of nitrogens with zero attached hydrogens (tertiary/aromatic N) is 3. The molecule has 35 heavy (non-hydrogen) atoms. The number of primary sulfonamides is 1. The Morgan fingerprint density at radius 1 is 1.06 bits per heavy atom. The molecule has 3 aliphatic rings. The second kappa shape index (κ2) is 9.09. The fourth-order valence-electron chi connectivity index (χ4n) is 6.34. The summed E-state index contributed by atoms with van der Waals surface area (Å²) in [7, 11) is -4.72. The summed E-state index contributed by atoms with van der Waals surface area (Å²) in [6.45, 7) is 2.18. The first-order valence-electron chi connectivity index (χ1n) is 12.0. The molecule has 0 atom stereocenters. The van der Waals surface area contributed by atoms with Crippen molar-refractivity contribution in [2.75, 3.05) is 13.1 Å². The second-order valence-corrected chi connectivity index (χ2v) is 11.8.